The number of rotatable bonds is 9. The number of carbonyl (C=O) groups is 1. The van der Waals surface area contributed by atoms with Crippen molar-refractivity contribution in [1.29, 1.82) is 0 Å². The van der Waals surface area contributed by atoms with Gasteiger partial charge in [0, 0.05) is 64.2 Å². The van der Waals surface area contributed by atoms with Gasteiger partial charge in [-0.3, -0.25) is 14.7 Å². The first kappa shape index (κ1) is 25.7. The van der Waals surface area contributed by atoms with Gasteiger partial charge in [0.15, 0.2) is 5.96 Å². The molecule has 0 atom stereocenters. The Labute approximate surface area is 192 Å². The Bertz CT molecular complexity index is 624. The number of halogens is 1. The van der Waals surface area contributed by atoms with Gasteiger partial charge in [-0.25, -0.2) is 4.98 Å². The minimum Gasteiger partial charge on any atom is -0.357 e. The number of guanidine groups is 1. The van der Waals surface area contributed by atoms with E-state index in [0.29, 0.717) is 6.54 Å². The van der Waals surface area contributed by atoms with Crippen LogP contribution in [0.15, 0.2) is 17.4 Å². The summed E-state index contributed by atoms with van der Waals surface area (Å²) < 4.78 is 2.18. The quantitative estimate of drug-likeness (QED) is 0.225. The molecule has 0 aromatic carbocycles. The zero-order valence-electron chi connectivity index (χ0n) is 18.4. The van der Waals surface area contributed by atoms with E-state index < -0.39 is 0 Å². The molecule has 9 heteroatoms. The lowest BCUT2D eigenvalue weighted by Crippen LogP contribution is -2.54. The molecule has 166 valence electrons. The van der Waals surface area contributed by atoms with Gasteiger partial charge in [-0.2, -0.15) is 0 Å². The zero-order valence-corrected chi connectivity index (χ0v) is 20.7. The summed E-state index contributed by atoms with van der Waals surface area (Å²) in [5.74, 6) is 2.17. The Morgan fingerprint density at radius 1 is 1.24 bits per heavy atom. The topological polar surface area (TPSA) is 77.8 Å². The summed E-state index contributed by atoms with van der Waals surface area (Å²) in [4.78, 5) is 25.5. The van der Waals surface area contributed by atoms with Crippen LogP contribution < -0.4 is 10.6 Å². The van der Waals surface area contributed by atoms with Crippen molar-refractivity contribution in [3.8, 4) is 0 Å². The predicted octanol–water partition coefficient (Wildman–Crippen LogP) is 1.70. The molecule has 1 fully saturated rings. The Morgan fingerprint density at radius 2 is 1.97 bits per heavy atom. The Balaban J connectivity index is 0.00000420. The molecule has 1 aromatic rings. The van der Waals surface area contributed by atoms with Gasteiger partial charge in [-0.05, 0) is 40.5 Å². The number of nitrogens with one attached hydrogen (secondary N) is 2. The fraction of sp³-hybridized carbons (Fsp3) is 0.750. The van der Waals surface area contributed by atoms with Crippen molar-refractivity contribution in [3.63, 3.8) is 0 Å². The van der Waals surface area contributed by atoms with Gasteiger partial charge in [0.2, 0.25) is 5.91 Å². The molecule has 2 N–H and O–H groups in total. The van der Waals surface area contributed by atoms with Crippen molar-refractivity contribution < 1.29 is 4.79 Å². The van der Waals surface area contributed by atoms with E-state index in [1.165, 1.54) is 0 Å². The standard InChI is InChI=1S/C20H37N7O.HI/c1-5-21-20(23-8-6-7-10-26-11-9-22-18(26)4)27-14-12-25(13-15-27)16-19(28)24-17(2)3;/h9,11,17H,5-8,10,12-16H2,1-4H3,(H,21,23)(H,24,28);1H. The fourth-order valence-electron chi connectivity index (χ4n) is 3.33. The second kappa shape index (κ2) is 13.8. The molecule has 0 aliphatic carbocycles. The van der Waals surface area contributed by atoms with Crippen molar-refractivity contribution in [2.75, 3.05) is 45.8 Å². The molecule has 1 aliphatic heterocycles. The Hall–Kier alpha value is -1.36. The highest BCUT2D eigenvalue weighted by molar-refractivity contribution is 14.0. The van der Waals surface area contributed by atoms with E-state index in [1.54, 1.807) is 0 Å². The summed E-state index contributed by atoms with van der Waals surface area (Å²) in [5.41, 5.74) is 0. The van der Waals surface area contributed by atoms with Crippen molar-refractivity contribution in [3.05, 3.63) is 18.2 Å². The van der Waals surface area contributed by atoms with Crippen LogP contribution in [0.1, 0.15) is 39.4 Å². The number of nitrogens with zero attached hydrogens (tertiary/aromatic N) is 5. The van der Waals surface area contributed by atoms with Crippen molar-refractivity contribution in [2.45, 2.75) is 53.1 Å². The van der Waals surface area contributed by atoms with Crippen LogP contribution in [-0.4, -0.2) is 83.1 Å². The first-order valence-electron chi connectivity index (χ1n) is 10.5. The van der Waals surface area contributed by atoms with E-state index >= 15 is 0 Å². The van der Waals surface area contributed by atoms with Gasteiger partial charge in [-0.15, -0.1) is 24.0 Å². The summed E-state index contributed by atoms with van der Waals surface area (Å²) >= 11 is 0. The van der Waals surface area contributed by atoms with E-state index in [2.05, 4.69) is 36.9 Å². The second-order valence-electron chi connectivity index (χ2n) is 7.60. The van der Waals surface area contributed by atoms with E-state index in [1.807, 2.05) is 33.2 Å². The van der Waals surface area contributed by atoms with Gasteiger partial charge >= 0.3 is 0 Å². The summed E-state index contributed by atoms with van der Waals surface area (Å²) in [5, 5.41) is 6.37. The van der Waals surface area contributed by atoms with Gasteiger partial charge in [0.1, 0.15) is 5.82 Å². The lowest BCUT2D eigenvalue weighted by atomic mass is 10.3. The zero-order chi connectivity index (χ0) is 20.4. The smallest absolute Gasteiger partial charge is 0.234 e. The largest absolute Gasteiger partial charge is 0.357 e. The molecule has 8 nitrogen and oxygen atoms in total. The van der Waals surface area contributed by atoms with Crippen molar-refractivity contribution in [1.82, 2.24) is 30.0 Å². The van der Waals surface area contributed by atoms with Gasteiger partial charge in [0.05, 0.1) is 6.54 Å². The predicted molar refractivity (Wildman–Crippen MR) is 129 cm³/mol. The van der Waals surface area contributed by atoms with E-state index in [-0.39, 0.29) is 35.9 Å². The highest BCUT2D eigenvalue weighted by Crippen LogP contribution is 2.04. The Kier molecular flexibility index (Phi) is 12.2. The number of aliphatic imine (C=N–C) groups is 1. The highest BCUT2D eigenvalue weighted by atomic mass is 127. The number of piperazine rings is 1. The van der Waals surface area contributed by atoms with Crippen LogP contribution in [-0.2, 0) is 11.3 Å². The molecule has 0 spiro atoms. The molecular formula is C20H38IN7O. The van der Waals surface area contributed by atoms with Gasteiger partial charge < -0.3 is 20.1 Å². The van der Waals surface area contributed by atoms with Crippen LogP contribution in [0, 0.1) is 6.92 Å². The average molecular weight is 519 g/mol. The normalized spacial score (nSPS) is 15.3. The lowest BCUT2D eigenvalue weighted by molar-refractivity contribution is -0.123. The SMILES string of the molecule is CCNC(=NCCCCn1ccnc1C)N1CCN(CC(=O)NC(C)C)CC1.I. The molecule has 29 heavy (non-hydrogen) atoms. The van der Waals surface area contributed by atoms with Gasteiger partial charge in [-0.1, -0.05) is 0 Å². The Morgan fingerprint density at radius 3 is 2.55 bits per heavy atom. The van der Waals surface area contributed by atoms with Crippen LogP contribution >= 0.6 is 24.0 Å². The molecule has 1 aromatic heterocycles. The molecule has 0 unspecified atom stereocenters. The fourth-order valence-corrected chi connectivity index (χ4v) is 3.33. The number of aryl methyl sites for hydroxylation is 2. The molecule has 1 amide bonds. The van der Waals surface area contributed by atoms with E-state index in [9.17, 15) is 4.79 Å². The molecular weight excluding hydrogens is 481 g/mol. The van der Waals surface area contributed by atoms with Crippen LogP contribution in [0.25, 0.3) is 0 Å². The molecule has 0 saturated carbocycles. The third-order valence-corrected chi connectivity index (χ3v) is 4.82. The second-order valence-corrected chi connectivity index (χ2v) is 7.60. The first-order valence-corrected chi connectivity index (χ1v) is 10.5. The van der Waals surface area contributed by atoms with Crippen molar-refractivity contribution in [2.24, 2.45) is 4.99 Å². The minimum atomic E-state index is 0. The van der Waals surface area contributed by atoms with Crippen LogP contribution in [0.2, 0.25) is 0 Å². The molecule has 1 saturated heterocycles. The van der Waals surface area contributed by atoms with Crippen LogP contribution in [0.5, 0.6) is 0 Å². The molecule has 2 rings (SSSR count). The summed E-state index contributed by atoms with van der Waals surface area (Å²) in [6, 6.07) is 0.193. The maximum atomic E-state index is 11.9. The summed E-state index contributed by atoms with van der Waals surface area (Å²) in [6.45, 7) is 14.9. The average Bonchev–Trinajstić information content (AvgIpc) is 3.05. The number of hydrogen-bond acceptors (Lipinski definition) is 4. The summed E-state index contributed by atoms with van der Waals surface area (Å²) in [7, 11) is 0. The van der Waals surface area contributed by atoms with Crippen molar-refractivity contribution >= 4 is 35.8 Å². The third-order valence-electron chi connectivity index (χ3n) is 4.82. The molecule has 2 heterocycles. The number of unbranched alkanes of at least 4 members (excludes halogenated alkanes) is 1. The summed E-state index contributed by atoms with van der Waals surface area (Å²) in [6.07, 6.45) is 6.03. The number of amides is 1. The van der Waals surface area contributed by atoms with Crippen LogP contribution in [0.4, 0.5) is 0 Å². The minimum absolute atomic E-state index is 0. The maximum absolute atomic E-state index is 11.9. The highest BCUT2D eigenvalue weighted by Gasteiger charge is 2.21. The molecule has 1 aliphatic rings. The van der Waals surface area contributed by atoms with Crippen LogP contribution in [0.3, 0.4) is 0 Å². The third kappa shape index (κ3) is 9.33. The number of carbonyl (C=O) groups excluding carboxylic acids is 1. The maximum Gasteiger partial charge on any atom is 0.234 e. The number of hydrogen-bond donors (Lipinski definition) is 2. The monoisotopic (exact) mass is 519 g/mol. The lowest BCUT2D eigenvalue weighted by Gasteiger charge is -2.36. The van der Waals surface area contributed by atoms with E-state index in [0.717, 1.165) is 70.4 Å². The van der Waals surface area contributed by atoms with Gasteiger partial charge in [0.25, 0.3) is 0 Å². The molecule has 0 radical (unpaired) electrons. The number of imidazole rings is 1. The molecule has 0 bridgehead atoms. The van der Waals surface area contributed by atoms with E-state index in [4.69, 9.17) is 4.99 Å². The number of aromatic nitrogens is 2. The first-order chi connectivity index (χ1) is 13.5.